The molecule has 2 nitrogen and oxygen atoms in total. The molecular weight excluding hydrogens is 270 g/mol. The van der Waals surface area contributed by atoms with Crippen LogP contribution in [0.1, 0.15) is 44.1 Å². The lowest BCUT2D eigenvalue weighted by Crippen LogP contribution is -2.23. The van der Waals surface area contributed by atoms with Crippen LogP contribution in [0.3, 0.4) is 0 Å². The van der Waals surface area contributed by atoms with E-state index in [0.29, 0.717) is 5.41 Å². The molecule has 0 bridgehead atoms. The molecule has 3 heteroatoms. The van der Waals surface area contributed by atoms with Crippen molar-refractivity contribution < 1.29 is 4.74 Å². The second-order valence-corrected chi connectivity index (χ2v) is 6.45. The zero-order chi connectivity index (χ0) is 14.4. The molecule has 1 saturated carbocycles. The van der Waals surface area contributed by atoms with Crippen molar-refractivity contribution in [3.8, 4) is 5.75 Å². The molecule has 0 spiro atoms. The van der Waals surface area contributed by atoms with Crippen molar-refractivity contribution >= 4 is 11.6 Å². The Morgan fingerprint density at radius 3 is 2.65 bits per heavy atom. The summed E-state index contributed by atoms with van der Waals surface area (Å²) in [5.74, 6) is 0.969. The Hall–Kier alpha value is -0.730. The highest BCUT2D eigenvalue weighted by Gasteiger charge is 2.32. The summed E-state index contributed by atoms with van der Waals surface area (Å²) >= 11 is 6.12. The van der Waals surface area contributed by atoms with Gasteiger partial charge in [-0.25, -0.2) is 0 Å². The molecule has 0 heterocycles. The molecule has 1 aromatic carbocycles. The summed E-state index contributed by atoms with van der Waals surface area (Å²) < 4.78 is 5.46. The molecule has 0 atom stereocenters. The van der Waals surface area contributed by atoms with Crippen LogP contribution in [0.2, 0.25) is 5.02 Å². The molecule has 0 unspecified atom stereocenters. The van der Waals surface area contributed by atoms with E-state index in [1.54, 1.807) is 7.11 Å². The van der Waals surface area contributed by atoms with Crippen molar-refractivity contribution in [3.05, 3.63) is 28.8 Å². The third-order valence-electron chi connectivity index (χ3n) is 4.74. The van der Waals surface area contributed by atoms with Crippen LogP contribution in [-0.4, -0.2) is 20.7 Å². The minimum atomic E-state index is 0.524. The second kappa shape index (κ2) is 7.33. The summed E-state index contributed by atoms with van der Waals surface area (Å²) in [7, 11) is 3.78. The van der Waals surface area contributed by atoms with E-state index in [-0.39, 0.29) is 0 Å². The highest BCUT2D eigenvalue weighted by atomic mass is 35.5. The van der Waals surface area contributed by atoms with E-state index in [4.69, 9.17) is 16.3 Å². The normalized spacial score (nSPS) is 17.4. The lowest BCUT2D eigenvalue weighted by molar-refractivity contribution is 0.246. The maximum absolute atomic E-state index is 6.12. The van der Waals surface area contributed by atoms with Crippen molar-refractivity contribution in [2.24, 2.45) is 5.41 Å². The Kier molecular flexibility index (Phi) is 5.74. The van der Waals surface area contributed by atoms with Gasteiger partial charge in [0, 0.05) is 5.02 Å². The van der Waals surface area contributed by atoms with Gasteiger partial charge in [-0.3, -0.25) is 0 Å². The zero-order valence-corrected chi connectivity index (χ0v) is 13.4. The quantitative estimate of drug-likeness (QED) is 0.802. The molecule has 0 amide bonds. The first kappa shape index (κ1) is 15.7. The van der Waals surface area contributed by atoms with Gasteiger partial charge < -0.3 is 10.1 Å². The van der Waals surface area contributed by atoms with E-state index in [9.17, 15) is 0 Å². The van der Waals surface area contributed by atoms with Crippen molar-refractivity contribution in [1.82, 2.24) is 5.32 Å². The van der Waals surface area contributed by atoms with Gasteiger partial charge in [-0.15, -0.1) is 0 Å². The van der Waals surface area contributed by atoms with Crippen LogP contribution < -0.4 is 10.1 Å². The molecule has 0 aromatic heterocycles. The molecule has 1 aliphatic carbocycles. The van der Waals surface area contributed by atoms with Crippen LogP contribution in [0.15, 0.2) is 18.2 Å². The molecular formula is C17H26ClNO. The first-order valence-electron chi connectivity index (χ1n) is 7.66. The monoisotopic (exact) mass is 295 g/mol. The molecule has 0 saturated heterocycles. The second-order valence-electron chi connectivity index (χ2n) is 6.02. The van der Waals surface area contributed by atoms with Crippen molar-refractivity contribution in [3.63, 3.8) is 0 Å². The van der Waals surface area contributed by atoms with E-state index in [2.05, 4.69) is 11.4 Å². The Bertz CT molecular complexity index is 427. The molecule has 20 heavy (non-hydrogen) atoms. The van der Waals surface area contributed by atoms with Gasteiger partial charge in [0.1, 0.15) is 5.75 Å². The third kappa shape index (κ3) is 3.89. The van der Waals surface area contributed by atoms with Gasteiger partial charge in [0.2, 0.25) is 0 Å². The smallest absolute Gasteiger partial charge is 0.122 e. The Morgan fingerprint density at radius 2 is 2.00 bits per heavy atom. The lowest BCUT2D eigenvalue weighted by Gasteiger charge is -2.29. The number of benzene rings is 1. The van der Waals surface area contributed by atoms with Crippen molar-refractivity contribution in [2.45, 2.75) is 44.9 Å². The van der Waals surface area contributed by atoms with Crippen LogP contribution in [-0.2, 0) is 6.42 Å². The van der Waals surface area contributed by atoms with E-state index in [1.807, 2.05) is 19.2 Å². The van der Waals surface area contributed by atoms with Gasteiger partial charge in [-0.1, -0.05) is 24.4 Å². The predicted molar refractivity (Wildman–Crippen MR) is 85.8 cm³/mol. The largest absolute Gasteiger partial charge is 0.496 e. The van der Waals surface area contributed by atoms with Gasteiger partial charge >= 0.3 is 0 Å². The standard InChI is InChI=1S/C17H26ClNO/c1-19-12-11-17(8-3-4-9-17)10-7-14-13-15(18)5-6-16(14)20-2/h5-6,13,19H,3-4,7-12H2,1-2H3. The van der Waals surface area contributed by atoms with E-state index >= 15 is 0 Å². The Labute approximate surface area is 127 Å². The summed E-state index contributed by atoms with van der Waals surface area (Å²) in [5.41, 5.74) is 1.77. The maximum atomic E-state index is 6.12. The van der Waals surface area contributed by atoms with Gasteiger partial charge in [-0.2, -0.15) is 0 Å². The number of aryl methyl sites for hydroxylation is 1. The minimum absolute atomic E-state index is 0.524. The predicted octanol–water partition coefficient (Wildman–Crippen LogP) is 4.45. The SMILES string of the molecule is CNCCC1(CCc2cc(Cl)ccc2OC)CCCC1. The highest BCUT2D eigenvalue weighted by Crippen LogP contribution is 2.45. The fourth-order valence-electron chi connectivity index (χ4n) is 3.48. The van der Waals surface area contributed by atoms with E-state index in [0.717, 1.165) is 23.7 Å². The Morgan fingerprint density at radius 1 is 1.25 bits per heavy atom. The van der Waals surface area contributed by atoms with E-state index in [1.165, 1.54) is 44.1 Å². The molecule has 2 rings (SSSR count). The molecule has 0 aliphatic heterocycles. The fraction of sp³-hybridized carbons (Fsp3) is 0.647. The molecule has 1 aliphatic rings. The van der Waals surface area contributed by atoms with Gasteiger partial charge in [0.25, 0.3) is 0 Å². The molecule has 1 N–H and O–H groups in total. The third-order valence-corrected chi connectivity index (χ3v) is 4.97. The lowest BCUT2D eigenvalue weighted by atomic mass is 9.77. The molecule has 112 valence electrons. The van der Waals surface area contributed by atoms with Gasteiger partial charge in [0.05, 0.1) is 7.11 Å². The maximum Gasteiger partial charge on any atom is 0.122 e. The van der Waals surface area contributed by atoms with Crippen molar-refractivity contribution in [2.75, 3.05) is 20.7 Å². The highest BCUT2D eigenvalue weighted by molar-refractivity contribution is 6.30. The number of hydrogen-bond donors (Lipinski definition) is 1. The van der Waals surface area contributed by atoms with Crippen LogP contribution in [0.4, 0.5) is 0 Å². The van der Waals surface area contributed by atoms with Gasteiger partial charge in [0.15, 0.2) is 0 Å². The summed E-state index contributed by atoms with van der Waals surface area (Å²) in [6, 6.07) is 5.93. The summed E-state index contributed by atoms with van der Waals surface area (Å²) in [6.45, 7) is 1.12. The first-order valence-corrected chi connectivity index (χ1v) is 8.04. The first-order chi connectivity index (χ1) is 9.69. The van der Waals surface area contributed by atoms with Crippen LogP contribution in [0, 0.1) is 5.41 Å². The van der Waals surface area contributed by atoms with Crippen LogP contribution in [0.25, 0.3) is 0 Å². The zero-order valence-electron chi connectivity index (χ0n) is 12.7. The number of rotatable bonds is 7. The number of halogens is 1. The average Bonchev–Trinajstić information content (AvgIpc) is 2.92. The summed E-state index contributed by atoms with van der Waals surface area (Å²) in [6.07, 6.45) is 9.10. The topological polar surface area (TPSA) is 21.3 Å². The Balaban J connectivity index is 2.03. The van der Waals surface area contributed by atoms with Crippen molar-refractivity contribution in [1.29, 1.82) is 0 Å². The molecule has 1 aromatic rings. The number of methoxy groups -OCH3 is 1. The molecule has 0 radical (unpaired) electrons. The number of hydrogen-bond acceptors (Lipinski definition) is 2. The molecule has 1 fully saturated rings. The average molecular weight is 296 g/mol. The van der Waals surface area contributed by atoms with Gasteiger partial charge in [-0.05, 0) is 74.9 Å². The summed E-state index contributed by atoms with van der Waals surface area (Å²) in [5, 5.41) is 4.11. The summed E-state index contributed by atoms with van der Waals surface area (Å²) in [4.78, 5) is 0. The minimum Gasteiger partial charge on any atom is -0.496 e. The van der Waals surface area contributed by atoms with Crippen LogP contribution >= 0.6 is 11.6 Å². The van der Waals surface area contributed by atoms with E-state index < -0.39 is 0 Å². The number of nitrogens with one attached hydrogen (secondary N) is 1. The fourth-order valence-corrected chi connectivity index (χ4v) is 3.68. The number of ether oxygens (including phenoxy) is 1. The van der Waals surface area contributed by atoms with Crippen LogP contribution in [0.5, 0.6) is 5.75 Å².